The molecular formula is C19H27ClN6O2. The van der Waals surface area contributed by atoms with Gasteiger partial charge in [0, 0.05) is 11.6 Å². The Bertz CT molecular complexity index is 798. The molecule has 8 nitrogen and oxygen atoms in total. The highest BCUT2D eigenvalue weighted by atomic mass is 35.5. The van der Waals surface area contributed by atoms with Crippen LogP contribution in [0.2, 0.25) is 5.02 Å². The lowest BCUT2D eigenvalue weighted by molar-refractivity contribution is -0.440. The van der Waals surface area contributed by atoms with Gasteiger partial charge in [-0.25, -0.2) is 4.99 Å². The average Bonchev–Trinajstić information content (AvgIpc) is 2.66. The maximum atomic E-state index is 11.8. The third-order valence-corrected chi connectivity index (χ3v) is 6.20. The minimum absolute atomic E-state index is 0.149. The Morgan fingerprint density at radius 1 is 1.32 bits per heavy atom. The Kier molecular flexibility index (Phi) is 6.22. The largest absolute Gasteiger partial charge is 0.369 e. The van der Waals surface area contributed by atoms with E-state index in [9.17, 15) is 10.1 Å². The molecule has 1 saturated carbocycles. The second-order valence-corrected chi connectivity index (χ2v) is 8.11. The Morgan fingerprint density at radius 3 is 2.71 bits per heavy atom. The zero-order chi connectivity index (χ0) is 20.3. The predicted octanol–water partition coefficient (Wildman–Crippen LogP) is 2.40. The zero-order valence-corrected chi connectivity index (χ0v) is 16.5. The Labute approximate surface area is 169 Å². The molecule has 0 saturated heterocycles. The number of nitrogens with zero attached hydrogens (tertiary/aromatic N) is 3. The van der Waals surface area contributed by atoms with E-state index in [1.54, 1.807) is 11.0 Å². The smallest absolute Gasteiger partial charge is 0.304 e. The molecule has 2 aliphatic rings. The van der Waals surface area contributed by atoms with Crippen LogP contribution in [0.25, 0.3) is 0 Å². The van der Waals surface area contributed by atoms with Crippen LogP contribution in [0.4, 0.5) is 0 Å². The van der Waals surface area contributed by atoms with Crippen LogP contribution >= 0.6 is 11.6 Å². The molecule has 6 N–H and O–H groups in total. The van der Waals surface area contributed by atoms with Crippen molar-refractivity contribution in [1.82, 2.24) is 4.90 Å². The molecule has 9 heteroatoms. The van der Waals surface area contributed by atoms with Crippen LogP contribution in [0.1, 0.15) is 37.7 Å². The summed E-state index contributed by atoms with van der Waals surface area (Å²) in [7, 11) is 0. The van der Waals surface area contributed by atoms with E-state index in [-0.39, 0.29) is 24.1 Å². The van der Waals surface area contributed by atoms with E-state index in [4.69, 9.17) is 28.8 Å². The van der Waals surface area contributed by atoms with Crippen molar-refractivity contribution >= 4 is 17.6 Å². The van der Waals surface area contributed by atoms with E-state index in [1.165, 1.54) is 6.20 Å². The topological polar surface area (TPSA) is 137 Å². The molecule has 28 heavy (non-hydrogen) atoms. The van der Waals surface area contributed by atoms with Crippen molar-refractivity contribution in [2.45, 2.75) is 44.3 Å². The second kappa shape index (κ2) is 8.46. The number of guanidine groups is 1. The van der Waals surface area contributed by atoms with Crippen molar-refractivity contribution in [3.8, 4) is 0 Å². The molecule has 1 heterocycles. The third kappa shape index (κ3) is 4.14. The molecule has 1 aliphatic heterocycles. The van der Waals surface area contributed by atoms with Gasteiger partial charge in [-0.1, -0.05) is 42.6 Å². The number of aliphatic imine (C=N–C) groups is 1. The molecule has 0 aromatic heterocycles. The van der Waals surface area contributed by atoms with E-state index >= 15 is 0 Å². The van der Waals surface area contributed by atoms with Gasteiger partial charge in [0.2, 0.25) is 0 Å². The van der Waals surface area contributed by atoms with Gasteiger partial charge >= 0.3 is 5.70 Å². The van der Waals surface area contributed by atoms with Gasteiger partial charge in [0.15, 0.2) is 11.6 Å². The van der Waals surface area contributed by atoms with Gasteiger partial charge in [0.1, 0.15) is 6.20 Å². The van der Waals surface area contributed by atoms with Gasteiger partial charge in [-0.3, -0.25) is 15.8 Å². The molecular weight excluding hydrogens is 380 g/mol. The van der Waals surface area contributed by atoms with E-state index in [1.807, 2.05) is 18.2 Å². The second-order valence-electron chi connectivity index (χ2n) is 7.70. The Hall–Kier alpha value is -2.16. The summed E-state index contributed by atoms with van der Waals surface area (Å²) in [5.74, 6) is 0.812. The van der Waals surface area contributed by atoms with Crippen molar-refractivity contribution in [1.29, 1.82) is 0 Å². The van der Waals surface area contributed by atoms with Gasteiger partial charge < -0.3 is 16.4 Å². The average molecular weight is 407 g/mol. The summed E-state index contributed by atoms with van der Waals surface area (Å²) in [5, 5.41) is 12.3. The van der Waals surface area contributed by atoms with Crippen molar-refractivity contribution < 1.29 is 4.92 Å². The molecule has 1 fully saturated rings. The highest BCUT2D eigenvalue weighted by molar-refractivity contribution is 6.31. The molecule has 152 valence electrons. The van der Waals surface area contributed by atoms with E-state index < -0.39 is 10.6 Å². The highest BCUT2D eigenvalue weighted by Crippen LogP contribution is 2.38. The highest BCUT2D eigenvalue weighted by Gasteiger charge is 2.49. The molecule has 1 aliphatic carbocycles. The van der Waals surface area contributed by atoms with Crippen molar-refractivity contribution in [2.24, 2.45) is 34.0 Å². The molecule has 3 unspecified atom stereocenters. The van der Waals surface area contributed by atoms with Gasteiger partial charge in [-0.15, -0.1) is 0 Å². The fourth-order valence-corrected chi connectivity index (χ4v) is 4.53. The summed E-state index contributed by atoms with van der Waals surface area (Å²) >= 11 is 6.30. The van der Waals surface area contributed by atoms with Crippen LogP contribution < -0.4 is 17.2 Å². The van der Waals surface area contributed by atoms with Crippen LogP contribution in [0.15, 0.2) is 41.2 Å². The maximum absolute atomic E-state index is 11.8. The number of nitro groups is 1. The standard InChI is InChI=1S/C19H27ClN6O2/c20-16-7-2-1-6-15(16)12-25-18(22)24-11-17(26(27)28)19(25,23)9-13-4-3-5-14(8-13)10-21/h1-2,6-7,11,13-14H,3-5,8-10,12,21,23H2,(H2,22,24). The number of benzene rings is 1. The van der Waals surface area contributed by atoms with Gasteiger partial charge in [-0.05, 0) is 49.3 Å². The van der Waals surface area contributed by atoms with E-state index in [0.29, 0.717) is 23.9 Å². The van der Waals surface area contributed by atoms with Crippen LogP contribution in [0.5, 0.6) is 0 Å². The fraction of sp³-hybridized carbons (Fsp3) is 0.526. The first-order valence-corrected chi connectivity index (χ1v) is 9.91. The summed E-state index contributed by atoms with van der Waals surface area (Å²) in [5.41, 5.74) is 18.0. The monoisotopic (exact) mass is 406 g/mol. The first kappa shape index (κ1) is 20.6. The molecule has 0 amide bonds. The maximum Gasteiger partial charge on any atom is 0.304 e. The SMILES string of the molecule is NCC1CCCC(CC2(N)C([N+](=O)[O-])=CN=C(N)N2Cc2ccccc2Cl)C1. The van der Waals surface area contributed by atoms with Crippen molar-refractivity contribution in [3.05, 3.63) is 56.9 Å². The summed E-state index contributed by atoms with van der Waals surface area (Å²) in [6, 6.07) is 7.30. The first-order chi connectivity index (χ1) is 13.3. The van der Waals surface area contributed by atoms with Gasteiger partial charge in [-0.2, -0.15) is 0 Å². The lowest BCUT2D eigenvalue weighted by Gasteiger charge is -2.43. The number of hydrogen-bond donors (Lipinski definition) is 3. The normalized spacial score (nSPS) is 27.9. The minimum Gasteiger partial charge on any atom is -0.369 e. The molecule has 0 radical (unpaired) electrons. The Morgan fingerprint density at radius 2 is 2.04 bits per heavy atom. The van der Waals surface area contributed by atoms with Crippen LogP contribution in [0, 0.1) is 22.0 Å². The third-order valence-electron chi connectivity index (χ3n) is 5.83. The van der Waals surface area contributed by atoms with Crippen LogP contribution in [-0.4, -0.2) is 28.0 Å². The molecule has 0 spiro atoms. The lowest BCUT2D eigenvalue weighted by atomic mass is 9.76. The summed E-state index contributed by atoms with van der Waals surface area (Å²) in [4.78, 5) is 17.0. The summed E-state index contributed by atoms with van der Waals surface area (Å²) < 4.78 is 0. The minimum atomic E-state index is -1.37. The fourth-order valence-electron chi connectivity index (χ4n) is 4.33. The first-order valence-electron chi connectivity index (χ1n) is 9.53. The molecule has 0 bridgehead atoms. The number of halogens is 1. The molecule has 1 aromatic carbocycles. The zero-order valence-electron chi connectivity index (χ0n) is 15.8. The van der Waals surface area contributed by atoms with Gasteiger partial charge in [0.25, 0.3) is 0 Å². The summed E-state index contributed by atoms with van der Waals surface area (Å²) in [6.45, 7) is 0.864. The molecule has 1 aromatic rings. The van der Waals surface area contributed by atoms with E-state index in [0.717, 1.165) is 31.2 Å². The van der Waals surface area contributed by atoms with Crippen LogP contribution in [0.3, 0.4) is 0 Å². The van der Waals surface area contributed by atoms with Crippen molar-refractivity contribution in [3.63, 3.8) is 0 Å². The summed E-state index contributed by atoms with van der Waals surface area (Å²) in [6.07, 6.45) is 5.62. The van der Waals surface area contributed by atoms with Crippen molar-refractivity contribution in [2.75, 3.05) is 6.54 Å². The number of rotatable bonds is 6. The van der Waals surface area contributed by atoms with E-state index in [2.05, 4.69) is 4.99 Å². The van der Waals surface area contributed by atoms with Gasteiger partial charge in [0.05, 0.1) is 4.92 Å². The predicted molar refractivity (Wildman–Crippen MR) is 110 cm³/mol. The number of nitrogens with two attached hydrogens (primary N) is 3. The molecule has 3 rings (SSSR count). The quantitative estimate of drug-likeness (QED) is 0.490. The molecule has 3 atom stereocenters. The Balaban J connectivity index is 1.93. The lowest BCUT2D eigenvalue weighted by Crippen LogP contribution is -2.64. The number of hydrogen-bond acceptors (Lipinski definition) is 7. The van der Waals surface area contributed by atoms with Crippen LogP contribution in [-0.2, 0) is 6.54 Å².